The molecule has 0 heterocycles. The number of hydroxylamine groups is 2. The summed E-state index contributed by atoms with van der Waals surface area (Å²) in [7, 11) is 1.45. The van der Waals surface area contributed by atoms with Crippen molar-refractivity contribution in [2.24, 2.45) is 10.8 Å². The molecule has 106 valence electrons. The normalized spacial score (nSPS) is 12.3. The van der Waals surface area contributed by atoms with Crippen molar-refractivity contribution < 1.29 is 19.5 Å². The van der Waals surface area contributed by atoms with Gasteiger partial charge in [0, 0.05) is 6.42 Å². The second-order valence-electron chi connectivity index (χ2n) is 6.59. The number of carboxylic acids is 1. The molecule has 0 aliphatic rings. The summed E-state index contributed by atoms with van der Waals surface area (Å²) < 4.78 is 0. The van der Waals surface area contributed by atoms with E-state index in [-0.39, 0.29) is 24.2 Å². The van der Waals surface area contributed by atoms with Gasteiger partial charge in [0.1, 0.15) is 0 Å². The molecule has 0 bridgehead atoms. The Labute approximate surface area is 109 Å². The molecule has 0 unspecified atom stereocenters. The Bertz CT molecular complexity index is 305. The zero-order chi connectivity index (χ0) is 14.6. The molecule has 0 spiro atoms. The standard InChI is InChI=1S/C13H25NO4/c1-12(2,3)9-14(18-6)10(15)7-13(4,5)8-11(16)17/h7-9H2,1-6H3,(H,16,17). The Morgan fingerprint density at radius 1 is 1.11 bits per heavy atom. The third-order valence-corrected chi connectivity index (χ3v) is 2.38. The van der Waals surface area contributed by atoms with Crippen molar-refractivity contribution in [1.29, 1.82) is 0 Å². The molecule has 0 saturated heterocycles. The first-order chi connectivity index (χ1) is 7.97. The van der Waals surface area contributed by atoms with Crippen molar-refractivity contribution in [1.82, 2.24) is 5.06 Å². The quantitative estimate of drug-likeness (QED) is 0.743. The molecule has 5 nitrogen and oxygen atoms in total. The summed E-state index contributed by atoms with van der Waals surface area (Å²) >= 11 is 0. The average Bonchev–Trinajstić information content (AvgIpc) is 2.09. The van der Waals surface area contributed by atoms with Crippen LogP contribution >= 0.6 is 0 Å². The van der Waals surface area contributed by atoms with Gasteiger partial charge in [-0.15, -0.1) is 0 Å². The highest BCUT2D eigenvalue weighted by atomic mass is 16.7. The van der Waals surface area contributed by atoms with Gasteiger partial charge in [-0.2, -0.15) is 0 Å². The van der Waals surface area contributed by atoms with Gasteiger partial charge in [-0.1, -0.05) is 34.6 Å². The first kappa shape index (κ1) is 16.9. The fourth-order valence-corrected chi connectivity index (χ4v) is 1.65. The fourth-order valence-electron chi connectivity index (χ4n) is 1.65. The third kappa shape index (κ3) is 7.27. The highest BCUT2D eigenvalue weighted by Crippen LogP contribution is 2.27. The maximum atomic E-state index is 12.1. The third-order valence-electron chi connectivity index (χ3n) is 2.38. The van der Waals surface area contributed by atoms with Gasteiger partial charge >= 0.3 is 5.97 Å². The second-order valence-corrected chi connectivity index (χ2v) is 6.59. The summed E-state index contributed by atoms with van der Waals surface area (Å²) in [4.78, 5) is 27.8. The van der Waals surface area contributed by atoms with Gasteiger partial charge in [-0.3, -0.25) is 14.4 Å². The molecule has 0 fully saturated rings. The molecular formula is C13H25NO4. The maximum Gasteiger partial charge on any atom is 0.303 e. The van der Waals surface area contributed by atoms with Crippen LogP contribution in [0.3, 0.4) is 0 Å². The molecule has 0 aliphatic carbocycles. The van der Waals surface area contributed by atoms with Gasteiger partial charge in [-0.25, -0.2) is 5.06 Å². The van der Waals surface area contributed by atoms with Crippen LogP contribution in [-0.2, 0) is 14.4 Å². The topological polar surface area (TPSA) is 66.8 Å². The lowest BCUT2D eigenvalue weighted by molar-refractivity contribution is -0.184. The Hall–Kier alpha value is -1.10. The number of carboxylic acid groups (broad SMARTS) is 1. The van der Waals surface area contributed by atoms with Crippen LogP contribution in [0.15, 0.2) is 0 Å². The van der Waals surface area contributed by atoms with Crippen LogP contribution in [-0.4, -0.2) is 35.7 Å². The molecule has 1 N–H and O–H groups in total. The number of aliphatic carboxylic acids is 1. The van der Waals surface area contributed by atoms with Crippen molar-refractivity contribution in [3.63, 3.8) is 0 Å². The maximum absolute atomic E-state index is 12.1. The van der Waals surface area contributed by atoms with E-state index in [9.17, 15) is 9.59 Å². The molecule has 1 amide bonds. The van der Waals surface area contributed by atoms with E-state index in [1.54, 1.807) is 13.8 Å². The lowest BCUT2D eigenvalue weighted by Crippen LogP contribution is -2.39. The molecule has 0 rings (SSSR count). The summed E-state index contributed by atoms with van der Waals surface area (Å²) in [6, 6.07) is 0. The first-order valence-corrected chi connectivity index (χ1v) is 6.03. The summed E-state index contributed by atoms with van der Waals surface area (Å²) in [5.41, 5.74) is -0.639. The van der Waals surface area contributed by atoms with Gasteiger partial charge in [0.15, 0.2) is 0 Å². The molecule has 0 aromatic rings. The number of amides is 1. The van der Waals surface area contributed by atoms with E-state index in [4.69, 9.17) is 9.94 Å². The molecule has 18 heavy (non-hydrogen) atoms. The largest absolute Gasteiger partial charge is 0.481 e. The van der Waals surface area contributed by atoms with Crippen molar-refractivity contribution in [3.8, 4) is 0 Å². The Morgan fingerprint density at radius 2 is 1.61 bits per heavy atom. The SMILES string of the molecule is CON(CC(C)(C)C)C(=O)CC(C)(C)CC(=O)O. The predicted octanol–water partition coefficient (Wildman–Crippen LogP) is 2.31. The average molecular weight is 259 g/mol. The van der Waals surface area contributed by atoms with Crippen molar-refractivity contribution in [2.45, 2.75) is 47.5 Å². The van der Waals surface area contributed by atoms with Crippen molar-refractivity contribution >= 4 is 11.9 Å². The summed E-state index contributed by atoms with van der Waals surface area (Å²) in [5.74, 6) is -1.08. The van der Waals surface area contributed by atoms with Crippen LogP contribution in [0.25, 0.3) is 0 Å². The Kier molecular flexibility index (Phi) is 5.80. The minimum absolute atomic E-state index is 0.0359. The van der Waals surface area contributed by atoms with Gasteiger partial charge in [0.05, 0.1) is 20.1 Å². The number of rotatable bonds is 6. The highest BCUT2D eigenvalue weighted by Gasteiger charge is 2.29. The van der Waals surface area contributed by atoms with Gasteiger partial charge < -0.3 is 5.11 Å². The van der Waals surface area contributed by atoms with Crippen molar-refractivity contribution in [2.75, 3.05) is 13.7 Å². The van der Waals surface area contributed by atoms with Crippen LogP contribution in [0.5, 0.6) is 0 Å². The molecule has 0 aromatic carbocycles. The van der Waals surface area contributed by atoms with E-state index in [1.165, 1.54) is 12.2 Å². The van der Waals surface area contributed by atoms with Gasteiger partial charge in [0.2, 0.25) is 5.91 Å². The molecule has 5 heteroatoms. The van der Waals surface area contributed by atoms with Crippen molar-refractivity contribution in [3.05, 3.63) is 0 Å². The molecule has 0 aliphatic heterocycles. The van der Waals surface area contributed by atoms with Crippen LogP contribution in [0.4, 0.5) is 0 Å². The smallest absolute Gasteiger partial charge is 0.303 e. The van der Waals surface area contributed by atoms with Gasteiger partial charge in [-0.05, 0) is 10.8 Å². The molecule has 0 aromatic heterocycles. The molecular weight excluding hydrogens is 234 g/mol. The first-order valence-electron chi connectivity index (χ1n) is 6.03. The Balaban J connectivity index is 4.57. The summed E-state index contributed by atoms with van der Waals surface area (Å²) in [6.45, 7) is 10.0. The van der Waals surface area contributed by atoms with Crippen LogP contribution in [0.2, 0.25) is 0 Å². The number of nitrogens with zero attached hydrogens (tertiary/aromatic N) is 1. The molecule has 0 saturated carbocycles. The van der Waals surface area contributed by atoms with E-state index in [0.29, 0.717) is 6.54 Å². The van der Waals surface area contributed by atoms with Crippen LogP contribution < -0.4 is 0 Å². The van der Waals surface area contributed by atoms with E-state index < -0.39 is 11.4 Å². The van der Waals surface area contributed by atoms with Crippen LogP contribution in [0, 0.1) is 10.8 Å². The minimum Gasteiger partial charge on any atom is -0.481 e. The van der Waals surface area contributed by atoms with E-state index in [0.717, 1.165) is 0 Å². The molecule has 0 atom stereocenters. The monoisotopic (exact) mass is 259 g/mol. The number of hydrogen-bond acceptors (Lipinski definition) is 3. The van der Waals surface area contributed by atoms with E-state index >= 15 is 0 Å². The van der Waals surface area contributed by atoms with Crippen LogP contribution in [0.1, 0.15) is 47.5 Å². The molecule has 0 radical (unpaired) electrons. The summed E-state index contributed by atoms with van der Waals surface area (Å²) in [6.07, 6.45) is 0.120. The number of carbonyl (C=O) groups is 2. The fraction of sp³-hybridized carbons (Fsp3) is 0.846. The lowest BCUT2D eigenvalue weighted by atomic mass is 9.85. The number of hydrogen-bond donors (Lipinski definition) is 1. The minimum atomic E-state index is -0.896. The van der Waals surface area contributed by atoms with E-state index in [2.05, 4.69) is 0 Å². The zero-order valence-corrected chi connectivity index (χ0v) is 12.2. The zero-order valence-electron chi connectivity index (χ0n) is 12.2. The lowest BCUT2D eigenvalue weighted by Gasteiger charge is -2.30. The highest BCUT2D eigenvalue weighted by molar-refractivity contribution is 5.77. The summed E-state index contributed by atoms with van der Waals surface area (Å²) in [5, 5.41) is 10.1. The number of carbonyl (C=O) groups excluding carboxylic acids is 1. The van der Waals surface area contributed by atoms with Gasteiger partial charge in [0.25, 0.3) is 0 Å². The second kappa shape index (κ2) is 6.18. The predicted molar refractivity (Wildman–Crippen MR) is 68.8 cm³/mol. The van der Waals surface area contributed by atoms with E-state index in [1.807, 2.05) is 20.8 Å². The Morgan fingerprint density at radius 3 is 1.94 bits per heavy atom.